The summed E-state index contributed by atoms with van der Waals surface area (Å²) in [5, 5.41) is 8.89. The minimum Gasteiger partial charge on any atom is -0.481 e. The van der Waals surface area contributed by atoms with Gasteiger partial charge in [-0.15, -0.1) is 11.8 Å². The Hall–Kier alpha value is -1.63. The van der Waals surface area contributed by atoms with Crippen molar-refractivity contribution in [1.29, 1.82) is 0 Å². The average Bonchev–Trinajstić information content (AvgIpc) is 2.48. The van der Waals surface area contributed by atoms with Crippen molar-refractivity contribution in [3.05, 3.63) is 29.8 Å². The standard InChI is InChI=1S/C14H15F2NO3S/c15-10-1-2-11(16)12(7-10)21-8-13(18)17-5-3-9(4-6-17)14(19)20/h1-2,7,9H,3-6,8H2,(H,19,20). The van der Waals surface area contributed by atoms with E-state index < -0.39 is 23.5 Å². The predicted molar refractivity (Wildman–Crippen MR) is 74.0 cm³/mol. The van der Waals surface area contributed by atoms with Gasteiger partial charge >= 0.3 is 5.97 Å². The number of hydrogen-bond donors (Lipinski definition) is 1. The van der Waals surface area contributed by atoms with Crippen molar-refractivity contribution in [1.82, 2.24) is 4.90 Å². The van der Waals surface area contributed by atoms with Gasteiger partial charge in [0.25, 0.3) is 0 Å². The van der Waals surface area contributed by atoms with E-state index in [2.05, 4.69) is 0 Å². The number of halogens is 2. The molecule has 0 aliphatic carbocycles. The summed E-state index contributed by atoms with van der Waals surface area (Å²) < 4.78 is 26.4. The van der Waals surface area contributed by atoms with Gasteiger partial charge < -0.3 is 10.0 Å². The minimum absolute atomic E-state index is 0.0120. The topological polar surface area (TPSA) is 57.6 Å². The van der Waals surface area contributed by atoms with Crippen LogP contribution in [-0.4, -0.2) is 40.7 Å². The van der Waals surface area contributed by atoms with Crippen LogP contribution in [0.2, 0.25) is 0 Å². The fourth-order valence-electron chi connectivity index (χ4n) is 2.19. The third-order valence-electron chi connectivity index (χ3n) is 3.44. The summed E-state index contributed by atoms with van der Waals surface area (Å²) in [6.45, 7) is 0.782. The summed E-state index contributed by atoms with van der Waals surface area (Å²) in [4.78, 5) is 24.5. The van der Waals surface area contributed by atoms with E-state index in [0.717, 1.165) is 30.0 Å². The third-order valence-corrected chi connectivity index (χ3v) is 4.46. The lowest BCUT2D eigenvalue weighted by atomic mass is 9.97. The number of carbonyl (C=O) groups excluding carboxylic acids is 1. The largest absolute Gasteiger partial charge is 0.481 e. The molecule has 1 aliphatic heterocycles. The lowest BCUT2D eigenvalue weighted by molar-refractivity contribution is -0.145. The molecule has 0 radical (unpaired) electrons. The van der Waals surface area contributed by atoms with E-state index in [4.69, 9.17) is 5.11 Å². The zero-order valence-corrected chi connectivity index (χ0v) is 12.0. The molecule has 1 fully saturated rings. The van der Waals surface area contributed by atoms with Crippen LogP contribution < -0.4 is 0 Å². The zero-order valence-electron chi connectivity index (χ0n) is 11.2. The SMILES string of the molecule is O=C(O)C1CCN(C(=O)CSc2cc(F)ccc2F)CC1. The molecule has 4 nitrogen and oxygen atoms in total. The molecule has 1 aliphatic rings. The van der Waals surface area contributed by atoms with E-state index in [1.165, 1.54) is 0 Å². The number of hydrogen-bond acceptors (Lipinski definition) is 3. The van der Waals surface area contributed by atoms with E-state index in [9.17, 15) is 18.4 Å². The van der Waals surface area contributed by atoms with E-state index in [1.807, 2.05) is 0 Å². The second-order valence-corrected chi connectivity index (χ2v) is 5.87. The van der Waals surface area contributed by atoms with Gasteiger partial charge in [-0.2, -0.15) is 0 Å². The fraction of sp³-hybridized carbons (Fsp3) is 0.429. The lowest BCUT2D eigenvalue weighted by Crippen LogP contribution is -2.41. The first-order chi connectivity index (χ1) is 9.97. The second-order valence-electron chi connectivity index (χ2n) is 4.86. The number of carboxylic acid groups (broad SMARTS) is 1. The molecular formula is C14H15F2NO3S. The lowest BCUT2D eigenvalue weighted by Gasteiger charge is -2.30. The van der Waals surface area contributed by atoms with Gasteiger partial charge in [-0.3, -0.25) is 9.59 Å². The molecule has 0 saturated carbocycles. The quantitative estimate of drug-likeness (QED) is 0.867. The molecule has 0 unspecified atom stereocenters. The van der Waals surface area contributed by atoms with Gasteiger partial charge in [-0.25, -0.2) is 8.78 Å². The Kier molecular flexibility index (Phi) is 5.17. The summed E-state index contributed by atoms with van der Waals surface area (Å²) in [5.41, 5.74) is 0. The molecule has 1 aromatic carbocycles. The highest BCUT2D eigenvalue weighted by Crippen LogP contribution is 2.24. The van der Waals surface area contributed by atoms with Crippen LogP contribution in [0.25, 0.3) is 0 Å². The summed E-state index contributed by atoms with van der Waals surface area (Å²) in [6, 6.07) is 3.11. The Labute approximate surface area is 125 Å². The van der Waals surface area contributed by atoms with Crippen molar-refractivity contribution < 1.29 is 23.5 Å². The summed E-state index contributed by atoms with van der Waals surface area (Å²) in [6.07, 6.45) is 0.861. The van der Waals surface area contributed by atoms with Crippen molar-refractivity contribution in [3.8, 4) is 0 Å². The number of amides is 1. The molecular weight excluding hydrogens is 300 g/mol. The molecule has 1 amide bonds. The maximum atomic E-state index is 13.4. The number of carboxylic acids is 1. The summed E-state index contributed by atoms with van der Waals surface area (Å²) in [7, 11) is 0. The maximum absolute atomic E-state index is 13.4. The molecule has 7 heteroatoms. The number of likely N-dealkylation sites (tertiary alicyclic amines) is 1. The normalized spacial score (nSPS) is 16.0. The smallest absolute Gasteiger partial charge is 0.306 e. The van der Waals surface area contributed by atoms with Crippen molar-refractivity contribution in [2.45, 2.75) is 17.7 Å². The van der Waals surface area contributed by atoms with Crippen molar-refractivity contribution in [3.63, 3.8) is 0 Å². The summed E-state index contributed by atoms with van der Waals surface area (Å²) in [5.74, 6) is -2.52. The second kappa shape index (κ2) is 6.89. The highest BCUT2D eigenvalue weighted by molar-refractivity contribution is 8.00. The molecule has 0 atom stereocenters. The molecule has 0 bridgehead atoms. The van der Waals surface area contributed by atoms with Gasteiger partial charge in [0.05, 0.1) is 11.7 Å². The van der Waals surface area contributed by atoms with Gasteiger partial charge in [-0.05, 0) is 31.0 Å². The molecule has 1 aromatic rings. The first-order valence-electron chi connectivity index (χ1n) is 6.56. The van der Waals surface area contributed by atoms with Gasteiger partial charge in [0.1, 0.15) is 11.6 Å². The number of nitrogens with zero attached hydrogens (tertiary/aromatic N) is 1. The Morgan fingerprint density at radius 1 is 1.29 bits per heavy atom. The third kappa shape index (κ3) is 4.17. The van der Waals surface area contributed by atoms with Crippen LogP contribution >= 0.6 is 11.8 Å². The van der Waals surface area contributed by atoms with Crippen LogP contribution in [0.1, 0.15) is 12.8 Å². The maximum Gasteiger partial charge on any atom is 0.306 e. The first-order valence-corrected chi connectivity index (χ1v) is 7.54. The number of carbonyl (C=O) groups is 2. The average molecular weight is 315 g/mol. The number of benzene rings is 1. The molecule has 1 N–H and O–H groups in total. The number of aliphatic carboxylic acids is 1. The Balaban J connectivity index is 1.85. The van der Waals surface area contributed by atoms with Crippen LogP contribution in [-0.2, 0) is 9.59 Å². The molecule has 114 valence electrons. The molecule has 0 aromatic heterocycles. The Bertz CT molecular complexity index is 545. The van der Waals surface area contributed by atoms with Crippen molar-refractivity contribution in [2.75, 3.05) is 18.8 Å². The summed E-state index contributed by atoms with van der Waals surface area (Å²) >= 11 is 0.948. The zero-order chi connectivity index (χ0) is 15.4. The van der Waals surface area contributed by atoms with E-state index >= 15 is 0 Å². The molecule has 1 heterocycles. The first kappa shape index (κ1) is 15.8. The molecule has 0 spiro atoms. The van der Waals surface area contributed by atoms with E-state index in [-0.39, 0.29) is 16.6 Å². The Morgan fingerprint density at radius 3 is 2.57 bits per heavy atom. The van der Waals surface area contributed by atoms with E-state index in [0.29, 0.717) is 25.9 Å². The van der Waals surface area contributed by atoms with Gasteiger partial charge in [0.15, 0.2) is 0 Å². The monoisotopic (exact) mass is 315 g/mol. The number of piperidine rings is 1. The number of thioether (sulfide) groups is 1. The van der Waals surface area contributed by atoms with Gasteiger partial charge in [0, 0.05) is 18.0 Å². The highest BCUT2D eigenvalue weighted by Gasteiger charge is 2.26. The highest BCUT2D eigenvalue weighted by atomic mass is 32.2. The van der Waals surface area contributed by atoms with Crippen LogP contribution in [0.3, 0.4) is 0 Å². The van der Waals surface area contributed by atoms with E-state index in [1.54, 1.807) is 4.90 Å². The van der Waals surface area contributed by atoms with Gasteiger partial charge in [0.2, 0.25) is 5.91 Å². The number of rotatable bonds is 4. The van der Waals surface area contributed by atoms with Crippen LogP contribution in [0.4, 0.5) is 8.78 Å². The van der Waals surface area contributed by atoms with Crippen LogP contribution in [0, 0.1) is 17.6 Å². The Morgan fingerprint density at radius 2 is 1.95 bits per heavy atom. The minimum atomic E-state index is -0.835. The fourth-order valence-corrected chi connectivity index (χ4v) is 3.06. The molecule has 21 heavy (non-hydrogen) atoms. The van der Waals surface area contributed by atoms with Crippen molar-refractivity contribution in [2.24, 2.45) is 5.92 Å². The predicted octanol–water partition coefficient (Wildman–Crippen LogP) is 2.38. The van der Waals surface area contributed by atoms with Crippen molar-refractivity contribution >= 4 is 23.6 Å². The molecule has 1 saturated heterocycles. The van der Waals surface area contributed by atoms with Gasteiger partial charge in [-0.1, -0.05) is 0 Å². The van der Waals surface area contributed by atoms with Crippen LogP contribution in [0.15, 0.2) is 23.1 Å². The van der Waals surface area contributed by atoms with Crippen LogP contribution in [0.5, 0.6) is 0 Å². The molecule has 2 rings (SSSR count).